The molecule has 0 bridgehead atoms. The van der Waals surface area contributed by atoms with E-state index in [1.807, 2.05) is 0 Å². The Morgan fingerprint density at radius 2 is 2.04 bits per heavy atom. The third-order valence-corrected chi connectivity index (χ3v) is 5.87. The summed E-state index contributed by atoms with van der Waals surface area (Å²) in [5.41, 5.74) is 0.924. The fourth-order valence-corrected chi connectivity index (χ4v) is 4.16. The number of anilines is 1. The smallest absolute Gasteiger partial charge is 0.191 e. The largest absolute Gasteiger partial charge is 0.375 e. The van der Waals surface area contributed by atoms with Crippen molar-refractivity contribution in [3.8, 4) is 0 Å². The fraction of sp³-hybridized carbons (Fsp3) is 0.476. The molecule has 28 heavy (non-hydrogen) atoms. The summed E-state index contributed by atoms with van der Waals surface area (Å²) in [4.78, 5) is 7.16. The molecule has 2 aromatic rings. The number of nitrogens with one attached hydrogen (secondary N) is 2. The lowest BCUT2D eigenvalue weighted by Crippen LogP contribution is -2.48. The number of aliphatic imine (C=N–C) groups is 1. The van der Waals surface area contributed by atoms with Gasteiger partial charge in [0.25, 0.3) is 0 Å². The summed E-state index contributed by atoms with van der Waals surface area (Å²) >= 11 is 1.80. The summed E-state index contributed by atoms with van der Waals surface area (Å²) in [6.45, 7) is 5.44. The molecular formula is C21H29FN4OS. The van der Waals surface area contributed by atoms with Crippen LogP contribution in [0.2, 0.25) is 0 Å². The van der Waals surface area contributed by atoms with Gasteiger partial charge < -0.3 is 20.3 Å². The first kappa shape index (κ1) is 20.6. The second-order valence-electron chi connectivity index (χ2n) is 6.85. The van der Waals surface area contributed by atoms with Crippen molar-refractivity contribution in [3.63, 3.8) is 0 Å². The second-order valence-corrected chi connectivity index (χ2v) is 7.78. The summed E-state index contributed by atoms with van der Waals surface area (Å²) in [5, 5.41) is 10.4. The molecule has 0 radical (unpaired) electrons. The third-order valence-electron chi connectivity index (χ3n) is 4.94. The Morgan fingerprint density at radius 3 is 2.64 bits per heavy atom. The average Bonchev–Trinajstić information content (AvgIpc) is 3.25. The lowest BCUT2D eigenvalue weighted by atomic mass is 10.1. The summed E-state index contributed by atoms with van der Waals surface area (Å²) < 4.78 is 18.7. The SMILES string of the molecule is CCNC(=NCC(OC)c1ccc(F)cc1)NC1CCN(c2cccs2)CC1. The van der Waals surface area contributed by atoms with Gasteiger partial charge in [0.2, 0.25) is 0 Å². The molecule has 1 fully saturated rings. The zero-order chi connectivity index (χ0) is 19.8. The standard InChI is InChI=1S/C21H29FN4OS/c1-3-23-21(24-15-19(27-2)16-6-8-17(22)9-7-16)25-18-10-12-26(13-11-18)20-5-4-14-28-20/h4-9,14,18-19H,3,10-13,15H2,1-2H3,(H2,23,24,25). The van der Waals surface area contributed by atoms with Crippen molar-refractivity contribution in [1.29, 1.82) is 0 Å². The van der Waals surface area contributed by atoms with Crippen LogP contribution in [0.3, 0.4) is 0 Å². The number of ether oxygens (including phenoxy) is 1. The van der Waals surface area contributed by atoms with E-state index >= 15 is 0 Å². The van der Waals surface area contributed by atoms with E-state index in [-0.39, 0.29) is 11.9 Å². The number of thiophene rings is 1. The van der Waals surface area contributed by atoms with Gasteiger partial charge in [0, 0.05) is 32.8 Å². The van der Waals surface area contributed by atoms with Crippen molar-refractivity contribution >= 4 is 22.3 Å². The Kier molecular flexibility index (Phi) is 7.68. The minimum absolute atomic E-state index is 0.197. The molecule has 5 nitrogen and oxygen atoms in total. The molecular weight excluding hydrogens is 375 g/mol. The first-order chi connectivity index (χ1) is 13.7. The van der Waals surface area contributed by atoms with Gasteiger partial charge in [-0.3, -0.25) is 4.99 Å². The van der Waals surface area contributed by atoms with Crippen molar-refractivity contribution in [2.24, 2.45) is 4.99 Å². The van der Waals surface area contributed by atoms with E-state index in [0.29, 0.717) is 12.6 Å². The van der Waals surface area contributed by atoms with E-state index in [0.717, 1.165) is 44.0 Å². The van der Waals surface area contributed by atoms with Gasteiger partial charge in [-0.2, -0.15) is 0 Å². The highest BCUT2D eigenvalue weighted by atomic mass is 32.1. The molecule has 2 N–H and O–H groups in total. The van der Waals surface area contributed by atoms with Crippen LogP contribution in [0.15, 0.2) is 46.8 Å². The number of methoxy groups -OCH3 is 1. The zero-order valence-electron chi connectivity index (χ0n) is 16.5. The van der Waals surface area contributed by atoms with Crippen molar-refractivity contribution < 1.29 is 9.13 Å². The number of hydrogen-bond acceptors (Lipinski definition) is 4. The maximum absolute atomic E-state index is 13.2. The van der Waals surface area contributed by atoms with E-state index in [1.54, 1.807) is 30.6 Å². The average molecular weight is 405 g/mol. The van der Waals surface area contributed by atoms with Crippen LogP contribution in [-0.4, -0.2) is 45.3 Å². The molecule has 0 saturated carbocycles. The van der Waals surface area contributed by atoms with Gasteiger partial charge in [0.15, 0.2) is 5.96 Å². The van der Waals surface area contributed by atoms with E-state index in [1.165, 1.54) is 17.1 Å². The van der Waals surface area contributed by atoms with Gasteiger partial charge in [0.05, 0.1) is 11.5 Å². The molecule has 152 valence electrons. The summed E-state index contributed by atoms with van der Waals surface area (Å²) in [6, 6.07) is 11.1. The maximum atomic E-state index is 13.2. The summed E-state index contributed by atoms with van der Waals surface area (Å²) in [6.07, 6.45) is 1.96. The topological polar surface area (TPSA) is 48.9 Å². The van der Waals surface area contributed by atoms with E-state index < -0.39 is 0 Å². The normalized spacial score (nSPS) is 16.8. The highest BCUT2D eigenvalue weighted by molar-refractivity contribution is 7.14. The second kappa shape index (κ2) is 10.4. The van der Waals surface area contributed by atoms with Gasteiger partial charge in [-0.05, 0) is 55.0 Å². The lowest BCUT2D eigenvalue weighted by molar-refractivity contribution is 0.111. The first-order valence-corrected chi connectivity index (χ1v) is 10.7. The molecule has 1 atom stereocenters. The number of guanidine groups is 1. The van der Waals surface area contributed by atoms with Gasteiger partial charge >= 0.3 is 0 Å². The Morgan fingerprint density at radius 1 is 1.29 bits per heavy atom. The molecule has 1 saturated heterocycles. The molecule has 0 aliphatic carbocycles. The van der Waals surface area contributed by atoms with Crippen LogP contribution < -0.4 is 15.5 Å². The van der Waals surface area contributed by atoms with Crippen molar-refractivity contribution in [1.82, 2.24) is 10.6 Å². The van der Waals surface area contributed by atoms with Crippen LogP contribution in [0.5, 0.6) is 0 Å². The molecule has 2 heterocycles. The molecule has 0 spiro atoms. The Hall–Kier alpha value is -2.12. The van der Waals surface area contributed by atoms with Crippen molar-refractivity contribution in [2.45, 2.75) is 31.9 Å². The molecule has 1 aromatic heterocycles. The third kappa shape index (κ3) is 5.69. The molecule has 7 heteroatoms. The number of rotatable bonds is 7. The van der Waals surface area contributed by atoms with Gasteiger partial charge in [-0.15, -0.1) is 11.3 Å². The highest BCUT2D eigenvalue weighted by Gasteiger charge is 2.21. The Labute approximate surface area is 170 Å². The maximum Gasteiger partial charge on any atom is 0.191 e. The number of hydrogen-bond donors (Lipinski definition) is 2. The predicted molar refractivity (Wildman–Crippen MR) is 115 cm³/mol. The van der Waals surface area contributed by atoms with Crippen LogP contribution in [0.1, 0.15) is 31.4 Å². The van der Waals surface area contributed by atoms with Crippen molar-refractivity contribution in [2.75, 3.05) is 38.2 Å². The zero-order valence-corrected chi connectivity index (χ0v) is 17.3. The molecule has 1 aliphatic rings. The minimum atomic E-state index is -0.244. The number of benzene rings is 1. The molecule has 1 unspecified atom stereocenters. The van der Waals surface area contributed by atoms with Crippen LogP contribution in [0, 0.1) is 5.82 Å². The van der Waals surface area contributed by atoms with Crippen LogP contribution in [-0.2, 0) is 4.74 Å². The monoisotopic (exact) mass is 404 g/mol. The van der Waals surface area contributed by atoms with Gasteiger partial charge in [0.1, 0.15) is 11.9 Å². The first-order valence-electron chi connectivity index (χ1n) is 9.81. The van der Waals surface area contributed by atoms with Crippen molar-refractivity contribution in [3.05, 3.63) is 53.2 Å². The lowest BCUT2D eigenvalue weighted by Gasteiger charge is -2.33. The molecule has 3 rings (SSSR count). The van der Waals surface area contributed by atoms with E-state index in [4.69, 9.17) is 9.73 Å². The summed E-state index contributed by atoms with van der Waals surface area (Å²) in [5.74, 6) is 0.562. The Bertz CT molecular complexity index is 727. The van der Waals surface area contributed by atoms with Crippen LogP contribution >= 0.6 is 11.3 Å². The van der Waals surface area contributed by atoms with Crippen LogP contribution in [0.4, 0.5) is 9.39 Å². The minimum Gasteiger partial charge on any atom is -0.375 e. The highest BCUT2D eigenvalue weighted by Crippen LogP contribution is 2.24. The fourth-order valence-electron chi connectivity index (χ4n) is 3.38. The van der Waals surface area contributed by atoms with E-state index in [2.05, 4.69) is 40.0 Å². The molecule has 1 aromatic carbocycles. The van der Waals surface area contributed by atoms with Crippen LogP contribution in [0.25, 0.3) is 0 Å². The van der Waals surface area contributed by atoms with Gasteiger partial charge in [-0.25, -0.2) is 4.39 Å². The number of halogens is 1. The van der Waals surface area contributed by atoms with Gasteiger partial charge in [-0.1, -0.05) is 12.1 Å². The van der Waals surface area contributed by atoms with E-state index in [9.17, 15) is 4.39 Å². The Balaban J connectivity index is 1.55. The number of piperidine rings is 1. The molecule has 0 amide bonds. The number of nitrogens with zero attached hydrogens (tertiary/aromatic N) is 2. The summed E-state index contributed by atoms with van der Waals surface area (Å²) in [7, 11) is 1.66. The molecule has 1 aliphatic heterocycles. The quantitative estimate of drug-likeness (QED) is 0.544. The predicted octanol–water partition coefficient (Wildman–Crippen LogP) is 3.80.